The molecule has 0 aliphatic carbocycles. The molecule has 2 aliphatic heterocycles. The second kappa shape index (κ2) is 10.4. The molecule has 5 rings (SSSR count). The fourth-order valence-corrected chi connectivity index (χ4v) is 5.73. The molecule has 0 saturated carbocycles. The summed E-state index contributed by atoms with van der Waals surface area (Å²) in [6, 6.07) is 17.2. The highest BCUT2D eigenvalue weighted by Gasteiger charge is 2.22. The number of allylic oxidation sites excluding steroid dienone is 1. The summed E-state index contributed by atoms with van der Waals surface area (Å²) in [7, 11) is 0. The molecule has 1 amide bonds. The van der Waals surface area contributed by atoms with Crippen molar-refractivity contribution in [2.45, 2.75) is 43.2 Å². The van der Waals surface area contributed by atoms with E-state index in [1.807, 2.05) is 24.4 Å². The Bertz CT molecular complexity index is 1170. The molecule has 33 heavy (non-hydrogen) atoms. The Kier molecular flexibility index (Phi) is 6.93. The number of hydrogen-bond donors (Lipinski definition) is 1. The molecule has 3 aromatic rings. The molecular weight excluding hydrogens is 428 g/mol. The third kappa shape index (κ3) is 5.40. The molecule has 2 aromatic heterocycles. The first kappa shape index (κ1) is 22.0. The van der Waals surface area contributed by atoms with E-state index in [4.69, 9.17) is 0 Å². The minimum absolute atomic E-state index is 0.0244. The van der Waals surface area contributed by atoms with Gasteiger partial charge in [-0.05, 0) is 68.6 Å². The fraction of sp³-hybridized carbons (Fsp3) is 0.333. The summed E-state index contributed by atoms with van der Waals surface area (Å²) in [5, 5.41) is 4.26. The number of pyridine rings is 1. The lowest BCUT2D eigenvalue weighted by molar-refractivity contribution is -0.116. The molecule has 1 aromatic carbocycles. The number of carbonyl (C=O) groups excluding carboxylic acids is 1. The van der Waals surface area contributed by atoms with Crippen molar-refractivity contribution in [3.05, 3.63) is 83.0 Å². The number of hydrogen-bond acceptors (Lipinski definition) is 4. The highest BCUT2D eigenvalue weighted by atomic mass is 32.2. The minimum atomic E-state index is -0.0244. The summed E-state index contributed by atoms with van der Waals surface area (Å²) in [6.45, 7) is 2.94. The maximum Gasteiger partial charge on any atom is 0.244 e. The molecule has 5 nitrogen and oxygen atoms in total. The van der Waals surface area contributed by atoms with Gasteiger partial charge in [0.15, 0.2) is 0 Å². The first-order valence-corrected chi connectivity index (χ1v) is 12.7. The Hall–Kier alpha value is -2.83. The molecule has 0 bridgehead atoms. The Balaban J connectivity index is 1.12. The number of nitrogens with zero attached hydrogens (tertiary/aromatic N) is 3. The van der Waals surface area contributed by atoms with E-state index in [1.54, 1.807) is 17.8 Å². The van der Waals surface area contributed by atoms with Crippen molar-refractivity contribution in [2.24, 2.45) is 0 Å². The first-order valence-electron chi connectivity index (χ1n) is 11.9. The van der Waals surface area contributed by atoms with Crippen molar-refractivity contribution in [1.82, 2.24) is 19.6 Å². The molecule has 1 fully saturated rings. The van der Waals surface area contributed by atoms with Gasteiger partial charge in [-0.3, -0.25) is 14.1 Å². The number of aryl methyl sites for hydroxylation is 1. The highest BCUT2D eigenvalue weighted by Crippen LogP contribution is 2.34. The molecule has 1 N–H and O–H groups in total. The van der Waals surface area contributed by atoms with Gasteiger partial charge in [-0.1, -0.05) is 54.6 Å². The van der Waals surface area contributed by atoms with Crippen LogP contribution in [0.5, 0.6) is 0 Å². The summed E-state index contributed by atoms with van der Waals surface area (Å²) < 4.78 is 2.14. The van der Waals surface area contributed by atoms with Gasteiger partial charge in [0.05, 0.1) is 16.9 Å². The van der Waals surface area contributed by atoms with E-state index < -0.39 is 0 Å². The maximum absolute atomic E-state index is 12.5. The van der Waals surface area contributed by atoms with Crippen LogP contribution in [0.2, 0.25) is 0 Å². The second-order valence-electron chi connectivity index (χ2n) is 8.74. The minimum Gasteiger partial charge on any atom is -0.351 e. The van der Waals surface area contributed by atoms with Crippen LogP contribution in [-0.4, -0.2) is 45.9 Å². The van der Waals surface area contributed by atoms with E-state index in [9.17, 15) is 4.79 Å². The smallest absolute Gasteiger partial charge is 0.244 e. The van der Waals surface area contributed by atoms with Gasteiger partial charge in [0.1, 0.15) is 5.65 Å². The number of thioether (sulfide) groups is 1. The number of nitrogens with one attached hydrogen (secondary N) is 1. The molecule has 2 aliphatic rings. The van der Waals surface area contributed by atoms with E-state index in [2.05, 4.69) is 62.1 Å². The summed E-state index contributed by atoms with van der Waals surface area (Å²) in [5.74, 6) is -0.0244. The number of rotatable bonds is 8. The third-order valence-corrected chi connectivity index (χ3v) is 7.46. The Morgan fingerprint density at radius 1 is 1.15 bits per heavy atom. The van der Waals surface area contributed by atoms with Gasteiger partial charge in [-0.15, -0.1) is 0 Å². The zero-order valence-electron chi connectivity index (χ0n) is 18.8. The summed E-state index contributed by atoms with van der Waals surface area (Å²) in [6.07, 6.45) is 13.4. The monoisotopic (exact) mass is 458 g/mol. The number of piperidine rings is 1. The van der Waals surface area contributed by atoms with Crippen LogP contribution in [0.3, 0.4) is 0 Å². The van der Waals surface area contributed by atoms with Crippen molar-refractivity contribution in [2.75, 3.05) is 19.6 Å². The lowest BCUT2D eigenvalue weighted by Gasteiger charge is -2.35. The molecule has 0 radical (unpaired) electrons. The number of likely N-dealkylation sites (tertiary alicyclic amines) is 1. The Labute approximate surface area is 199 Å². The van der Waals surface area contributed by atoms with Crippen LogP contribution < -0.4 is 5.32 Å². The zero-order valence-corrected chi connectivity index (χ0v) is 19.6. The lowest BCUT2D eigenvalue weighted by atomic mass is 10.0. The normalized spacial score (nSPS) is 18.5. The van der Waals surface area contributed by atoms with Crippen LogP contribution in [0.15, 0.2) is 76.8 Å². The predicted octanol–water partition coefficient (Wildman–Crippen LogP) is 4.94. The average Bonchev–Trinajstić information content (AvgIpc) is 3.27. The van der Waals surface area contributed by atoms with E-state index >= 15 is 0 Å². The van der Waals surface area contributed by atoms with Gasteiger partial charge in [0, 0.05) is 23.6 Å². The second-order valence-corrected chi connectivity index (χ2v) is 9.84. The van der Waals surface area contributed by atoms with Crippen LogP contribution in [0.1, 0.15) is 36.9 Å². The van der Waals surface area contributed by atoms with Crippen molar-refractivity contribution in [1.29, 1.82) is 0 Å². The van der Waals surface area contributed by atoms with Crippen molar-refractivity contribution in [3.63, 3.8) is 0 Å². The van der Waals surface area contributed by atoms with Crippen LogP contribution in [0, 0.1) is 0 Å². The van der Waals surface area contributed by atoms with E-state index in [1.165, 1.54) is 18.4 Å². The topological polar surface area (TPSA) is 49.6 Å². The van der Waals surface area contributed by atoms with Crippen LogP contribution in [0.25, 0.3) is 11.7 Å². The number of imidazole rings is 1. The van der Waals surface area contributed by atoms with Crippen LogP contribution in [-0.2, 0) is 11.2 Å². The Morgan fingerprint density at radius 2 is 2.06 bits per heavy atom. The predicted molar refractivity (Wildman–Crippen MR) is 135 cm³/mol. The van der Waals surface area contributed by atoms with Gasteiger partial charge in [-0.2, -0.15) is 0 Å². The largest absolute Gasteiger partial charge is 0.351 e. The van der Waals surface area contributed by atoms with Gasteiger partial charge < -0.3 is 5.32 Å². The van der Waals surface area contributed by atoms with Crippen molar-refractivity contribution >= 4 is 29.4 Å². The van der Waals surface area contributed by atoms with Gasteiger partial charge >= 0.3 is 0 Å². The van der Waals surface area contributed by atoms with Gasteiger partial charge in [0.2, 0.25) is 5.91 Å². The number of amides is 1. The quantitative estimate of drug-likeness (QED) is 0.486. The number of aromatic nitrogens is 2. The van der Waals surface area contributed by atoms with E-state index in [0.29, 0.717) is 12.6 Å². The highest BCUT2D eigenvalue weighted by molar-refractivity contribution is 8.03. The van der Waals surface area contributed by atoms with E-state index in [-0.39, 0.29) is 5.91 Å². The molecule has 1 atom stereocenters. The number of carbonyl (C=O) groups is 1. The SMILES string of the molecule is O=C(C=CC1=Cc2cnc3cccc(n23)S1)NCC1CCCCN1CCCc1ccccc1. The molecular formula is C27H30N4OS. The molecule has 0 spiro atoms. The fourth-order valence-electron chi connectivity index (χ4n) is 4.74. The van der Waals surface area contributed by atoms with Crippen molar-refractivity contribution < 1.29 is 4.79 Å². The Morgan fingerprint density at radius 3 is 2.97 bits per heavy atom. The first-order chi connectivity index (χ1) is 16.3. The van der Waals surface area contributed by atoms with Gasteiger partial charge in [0.25, 0.3) is 0 Å². The maximum atomic E-state index is 12.5. The molecule has 1 unspecified atom stereocenters. The van der Waals surface area contributed by atoms with Crippen LogP contribution in [0.4, 0.5) is 0 Å². The molecule has 170 valence electrons. The molecule has 1 saturated heterocycles. The molecule has 4 heterocycles. The lowest BCUT2D eigenvalue weighted by Crippen LogP contribution is -2.46. The standard InChI is InChI=1S/C27H30N4OS/c32-26(15-14-24-18-23-20-28-25-12-6-13-27(33-24)31(23)25)29-19-22-11-4-5-16-30(22)17-7-10-21-8-2-1-3-9-21/h1-3,6,8-9,12-15,18,20,22H,4-5,7,10-11,16-17,19H2,(H,29,32). The van der Waals surface area contributed by atoms with Crippen LogP contribution >= 0.6 is 11.8 Å². The van der Waals surface area contributed by atoms with Gasteiger partial charge in [-0.25, -0.2) is 4.98 Å². The summed E-state index contributed by atoms with van der Waals surface area (Å²) >= 11 is 1.66. The summed E-state index contributed by atoms with van der Waals surface area (Å²) in [5.41, 5.74) is 3.40. The number of benzene rings is 1. The third-order valence-electron chi connectivity index (χ3n) is 6.45. The average molecular weight is 459 g/mol. The summed E-state index contributed by atoms with van der Waals surface area (Å²) in [4.78, 5) is 20.6. The van der Waals surface area contributed by atoms with E-state index in [0.717, 1.165) is 53.6 Å². The molecule has 6 heteroatoms. The van der Waals surface area contributed by atoms with Crippen molar-refractivity contribution in [3.8, 4) is 0 Å². The zero-order chi connectivity index (χ0) is 22.5.